The van der Waals surface area contributed by atoms with Gasteiger partial charge in [-0.1, -0.05) is 41.9 Å². The molecule has 1 heterocycles. The molecule has 8 heteroatoms. The van der Waals surface area contributed by atoms with Crippen molar-refractivity contribution in [2.24, 2.45) is 0 Å². The number of rotatable bonds is 6. The number of halogens is 1. The molecular formula is C19H16ClN3O2S2. The summed E-state index contributed by atoms with van der Waals surface area (Å²) in [6, 6.07) is 17.0. The number of aromatic nitrogens is 1. The van der Waals surface area contributed by atoms with Gasteiger partial charge in [0, 0.05) is 20.9 Å². The average Bonchev–Trinajstić information content (AvgIpc) is 3.15. The van der Waals surface area contributed by atoms with E-state index in [1.165, 1.54) is 23.1 Å². The molecule has 0 aliphatic carbocycles. The summed E-state index contributed by atoms with van der Waals surface area (Å²) in [7, 11) is 0. The van der Waals surface area contributed by atoms with E-state index in [1.807, 2.05) is 47.8 Å². The van der Waals surface area contributed by atoms with Crippen molar-refractivity contribution in [1.82, 2.24) is 15.8 Å². The van der Waals surface area contributed by atoms with Crippen LogP contribution in [0.2, 0.25) is 5.02 Å². The van der Waals surface area contributed by atoms with Gasteiger partial charge in [-0.3, -0.25) is 20.4 Å². The van der Waals surface area contributed by atoms with Crippen molar-refractivity contribution >= 4 is 46.5 Å². The maximum Gasteiger partial charge on any atom is 0.248 e. The van der Waals surface area contributed by atoms with Gasteiger partial charge in [0.1, 0.15) is 5.01 Å². The Bertz CT molecular complexity index is 914. The second-order valence-electron chi connectivity index (χ2n) is 5.53. The van der Waals surface area contributed by atoms with Gasteiger partial charge in [0.15, 0.2) is 0 Å². The highest BCUT2D eigenvalue weighted by molar-refractivity contribution is 8.00. The highest BCUT2D eigenvalue weighted by Crippen LogP contribution is 2.23. The molecule has 0 spiro atoms. The Morgan fingerprint density at radius 1 is 1.00 bits per heavy atom. The first-order valence-electron chi connectivity index (χ1n) is 8.06. The van der Waals surface area contributed by atoms with Crippen LogP contribution in [0.1, 0.15) is 5.69 Å². The van der Waals surface area contributed by atoms with E-state index in [4.69, 9.17) is 11.6 Å². The van der Waals surface area contributed by atoms with E-state index in [1.54, 1.807) is 12.1 Å². The summed E-state index contributed by atoms with van der Waals surface area (Å²) in [5.74, 6) is -0.409. The Kier molecular flexibility index (Phi) is 6.86. The molecule has 0 aliphatic heterocycles. The number of thiazole rings is 1. The Morgan fingerprint density at radius 3 is 2.44 bits per heavy atom. The lowest BCUT2D eigenvalue weighted by molar-refractivity contribution is -0.127. The number of thioether (sulfide) groups is 1. The van der Waals surface area contributed by atoms with Crippen molar-refractivity contribution in [3.05, 3.63) is 70.7 Å². The monoisotopic (exact) mass is 417 g/mol. The fourth-order valence-electron chi connectivity index (χ4n) is 2.17. The third kappa shape index (κ3) is 6.09. The zero-order chi connectivity index (χ0) is 19.1. The fraction of sp³-hybridized carbons (Fsp3) is 0.105. The van der Waals surface area contributed by atoms with E-state index in [9.17, 15) is 9.59 Å². The summed E-state index contributed by atoms with van der Waals surface area (Å²) >= 11 is 8.67. The number of amides is 2. The van der Waals surface area contributed by atoms with Crippen LogP contribution in [-0.2, 0) is 16.0 Å². The van der Waals surface area contributed by atoms with E-state index in [2.05, 4.69) is 15.8 Å². The summed E-state index contributed by atoms with van der Waals surface area (Å²) in [5.41, 5.74) is 6.51. The Morgan fingerprint density at radius 2 is 1.70 bits per heavy atom. The van der Waals surface area contributed by atoms with Gasteiger partial charge in [-0.25, -0.2) is 4.98 Å². The summed E-state index contributed by atoms with van der Waals surface area (Å²) in [4.78, 5) is 29.2. The van der Waals surface area contributed by atoms with Gasteiger partial charge in [0.25, 0.3) is 0 Å². The van der Waals surface area contributed by atoms with Crippen LogP contribution < -0.4 is 10.9 Å². The minimum Gasteiger partial charge on any atom is -0.273 e. The Balaban J connectivity index is 1.42. The van der Waals surface area contributed by atoms with Crippen LogP contribution in [0, 0.1) is 0 Å². The molecule has 3 rings (SSSR count). The predicted molar refractivity (Wildman–Crippen MR) is 110 cm³/mol. The molecule has 0 unspecified atom stereocenters. The van der Waals surface area contributed by atoms with E-state index in [0.717, 1.165) is 15.5 Å². The van der Waals surface area contributed by atoms with Crippen LogP contribution in [0.25, 0.3) is 10.6 Å². The van der Waals surface area contributed by atoms with Crippen molar-refractivity contribution < 1.29 is 9.59 Å². The summed E-state index contributed by atoms with van der Waals surface area (Å²) in [5, 5.41) is 3.36. The first-order valence-corrected chi connectivity index (χ1v) is 10.3. The number of hydrogen-bond acceptors (Lipinski definition) is 5. The molecule has 3 aromatic rings. The third-order valence-electron chi connectivity index (χ3n) is 3.44. The van der Waals surface area contributed by atoms with Crippen molar-refractivity contribution in [3.8, 4) is 10.6 Å². The fourth-order valence-corrected chi connectivity index (χ4v) is 3.82. The molecule has 0 aliphatic rings. The molecule has 2 N–H and O–H groups in total. The van der Waals surface area contributed by atoms with E-state index in [0.29, 0.717) is 10.7 Å². The van der Waals surface area contributed by atoms with Crippen LogP contribution in [0.3, 0.4) is 0 Å². The molecule has 5 nitrogen and oxygen atoms in total. The Labute approximate surface area is 170 Å². The quantitative estimate of drug-likeness (QED) is 0.470. The molecule has 0 bridgehead atoms. The zero-order valence-corrected chi connectivity index (χ0v) is 16.5. The molecule has 2 amide bonds. The lowest BCUT2D eigenvalue weighted by Gasteiger charge is -2.06. The molecule has 138 valence electrons. The first-order chi connectivity index (χ1) is 13.1. The van der Waals surface area contributed by atoms with E-state index >= 15 is 0 Å². The van der Waals surface area contributed by atoms with Gasteiger partial charge in [0.2, 0.25) is 11.8 Å². The molecule has 0 radical (unpaired) electrons. The summed E-state index contributed by atoms with van der Waals surface area (Å²) in [6.07, 6.45) is 0.105. The van der Waals surface area contributed by atoms with Crippen LogP contribution >= 0.6 is 34.7 Å². The number of carbonyl (C=O) groups excluding carboxylic acids is 2. The highest BCUT2D eigenvalue weighted by atomic mass is 35.5. The van der Waals surface area contributed by atoms with Crippen molar-refractivity contribution in [2.75, 3.05) is 5.75 Å². The van der Waals surface area contributed by atoms with Gasteiger partial charge in [-0.15, -0.1) is 23.1 Å². The lowest BCUT2D eigenvalue weighted by atomic mass is 10.2. The van der Waals surface area contributed by atoms with Gasteiger partial charge >= 0.3 is 0 Å². The number of hydrazine groups is 1. The summed E-state index contributed by atoms with van der Waals surface area (Å²) < 4.78 is 0. The smallest absolute Gasteiger partial charge is 0.248 e. The Hall–Kier alpha value is -2.35. The molecule has 0 atom stereocenters. The number of benzene rings is 2. The maximum absolute atomic E-state index is 12.0. The van der Waals surface area contributed by atoms with Crippen LogP contribution in [0.4, 0.5) is 0 Å². The topological polar surface area (TPSA) is 71.1 Å². The van der Waals surface area contributed by atoms with Crippen LogP contribution in [-0.4, -0.2) is 22.6 Å². The van der Waals surface area contributed by atoms with E-state index in [-0.39, 0.29) is 24.0 Å². The third-order valence-corrected chi connectivity index (χ3v) is 5.64. The van der Waals surface area contributed by atoms with Crippen molar-refractivity contribution in [1.29, 1.82) is 0 Å². The van der Waals surface area contributed by atoms with Gasteiger partial charge in [-0.2, -0.15) is 0 Å². The normalized spacial score (nSPS) is 10.4. The standard InChI is InChI=1S/C19H16ClN3O2S2/c20-14-6-8-16(9-7-14)26-12-18(25)23-22-17(24)10-15-11-27-19(21-15)13-4-2-1-3-5-13/h1-9,11H,10,12H2,(H,22,24)(H,23,25). The first kappa shape index (κ1) is 19.4. The van der Waals surface area contributed by atoms with Gasteiger partial charge in [-0.05, 0) is 24.3 Å². The molecule has 2 aromatic carbocycles. The summed E-state index contributed by atoms with van der Waals surface area (Å²) in [6.45, 7) is 0. The minimum atomic E-state index is -0.315. The largest absolute Gasteiger partial charge is 0.273 e. The van der Waals surface area contributed by atoms with Crippen LogP contribution in [0.15, 0.2) is 64.9 Å². The maximum atomic E-state index is 12.0. The SMILES string of the molecule is O=C(CSc1ccc(Cl)cc1)NNC(=O)Cc1csc(-c2ccccc2)n1. The van der Waals surface area contributed by atoms with Gasteiger partial charge < -0.3 is 0 Å². The molecule has 27 heavy (non-hydrogen) atoms. The lowest BCUT2D eigenvalue weighted by Crippen LogP contribution is -2.43. The molecule has 0 saturated heterocycles. The number of carbonyl (C=O) groups is 2. The van der Waals surface area contributed by atoms with Crippen molar-refractivity contribution in [3.63, 3.8) is 0 Å². The molecule has 1 aromatic heterocycles. The highest BCUT2D eigenvalue weighted by Gasteiger charge is 2.10. The second-order valence-corrected chi connectivity index (χ2v) is 7.87. The molecule has 0 fully saturated rings. The number of nitrogens with zero attached hydrogens (tertiary/aromatic N) is 1. The zero-order valence-electron chi connectivity index (χ0n) is 14.1. The number of nitrogens with one attached hydrogen (secondary N) is 2. The minimum absolute atomic E-state index is 0.105. The van der Waals surface area contributed by atoms with Crippen molar-refractivity contribution in [2.45, 2.75) is 11.3 Å². The second kappa shape index (κ2) is 9.55. The molecular weight excluding hydrogens is 402 g/mol. The number of hydrogen-bond donors (Lipinski definition) is 2. The van der Waals surface area contributed by atoms with Crippen LogP contribution in [0.5, 0.6) is 0 Å². The van der Waals surface area contributed by atoms with E-state index < -0.39 is 0 Å². The molecule has 0 saturated carbocycles. The van der Waals surface area contributed by atoms with Gasteiger partial charge in [0.05, 0.1) is 17.9 Å². The predicted octanol–water partition coefficient (Wildman–Crippen LogP) is 3.95. The average molecular weight is 418 g/mol.